The number of hydrogen-bond acceptors (Lipinski definition) is 3. The normalized spacial score (nSPS) is 15.9. The molecule has 0 N–H and O–H groups in total. The molecular formula is C25H38N2O. The van der Waals surface area contributed by atoms with Gasteiger partial charge in [0.25, 0.3) is 0 Å². The number of pyridine rings is 1. The third kappa shape index (κ3) is 6.20. The van der Waals surface area contributed by atoms with Crippen LogP contribution in [0.3, 0.4) is 0 Å². The molecule has 154 valence electrons. The zero-order chi connectivity index (χ0) is 19.6. The zero-order valence-corrected chi connectivity index (χ0v) is 18.0. The van der Waals surface area contributed by atoms with Gasteiger partial charge in [0.05, 0.1) is 12.6 Å². The van der Waals surface area contributed by atoms with Crippen LogP contribution in [0, 0.1) is 5.92 Å². The highest BCUT2D eigenvalue weighted by Gasteiger charge is 2.18. The summed E-state index contributed by atoms with van der Waals surface area (Å²) in [4.78, 5) is 7.20. The van der Waals surface area contributed by atoms with Gasteiger partial charge in [-0.3, -0.25) is 4.98 Å². The maximum Gasteiger partial charge on any atom is 0.119 e. The second-order valence-electron chi connectivity index (χ2n) is 8.44. The molecule has 1 aliphatic rings. The molecule has 1 aromatic carbocycles. The molecule has 1 fully saturated rings. The SMILES string of the molecule is CCCCCCCN1CCC(CCCc2ccnc3ccc(OC)cc23)CC1. The quantitative estimate of drug-likeness (QED) is 0.430. The highest BCUT2D eigenvalue weighted by Crippen LogP contribution is 2.26. The van der Waals surface area contributed by atoms with Crippen molar-refractivity contribution in [2.75, 3.05) is 26.7 Å². The highest BCUT2D eigenvalue weighted by atomic mass is 16.5. The Labute approximate surface area is 171 Å². The van der Waals surface area contributed by atoms with Gasteiger partial charge in [0.15, 0.2) is 0 Å². The van der Waals surface area contributed by atoms with Crippen molar-refractivity contribution >= 4 is 10.9 Å². The number of methoxy groups -OCH3 is 1. The molecule has 1 aromatic heterocycles. The van der Waals surface area contributed by atoms with Crippen LogP contribution >= 0.6 is 0 Å². The van der Waals surface area contributed by atoms with Gasteiger partial charge in [0.1, 0.15) is 5.75 Å². The first-order chi connectivity index (χ1) is 13.8. The molecule has 0 spiro atoms. The van der Waals surface area contributed by atoms with E-state index in [0.29, 0.717) is 0 Å². The van der Waals surface area contributed by atoms with Crippen molar-refractivity contribution < 1.29 is 4.74 Å². The van der Waals surface area contributed by atoms with Gasteiger partial charge in [-0.05, 0) is 87.5 Å². The van der Waals surface area contributed by atoms with Crippen molar-refractivity contribution in [3.05, 3.63) is 36.0 Å². The second kappa shape index (κ2) is 11.4. The number of unbranched alkanes of at least 4 members (excludes halogenated alkanes) is 4. The van der Waals surface area contributed by atoms with E-state index in [0.717, 1.165) is 23.6 Å². The first kappa shape index (κ1) is 21.1. The molecule has 28 heavy (non-hydrogen) atoms. The van der Waals surface area contributed by atoms with Crippen LogP contribution in [0.4, 0.5) is 0 Å². The fourth-order valence-electron chi connectivity index (χ4n) is 4.55. The number of aromatic nitrogens is 1. The van der Waals surface area contributed by atoms with E-state index in [4.69, 9.17) is 4.74 Å². The predicted octanol–water partition coefficient (Wildman–Crippen LogP) is 6.25. The van der Waals surface area contributed by atoms with Gasteiger partial charge in [-0.1, -0.05) is 39.0 Å². The van der Waals surface area contributed by atoms with E-state index < -0.39 is 0 Å². The van der Waals surface area contributed by atoms with Crippen molar-refractivity contribution in [3.8, 4) is 5.75 Å². The Morgan fingerprint density at radius 3 is 2.64 bits per heavy atom. The van der Waals surface area contributed by atoms with Gasteiger partial charge in [-0.2, -0.15) is 0 Å². The molecule has 0 aliphatic carbocycles. The molecule has 3 nitrogen and oxygen atoms in total. The number of piperidine rings is 1. The van der Waals surface area contributed by atoms with Crippen molar-refractivity contribution in [3.63, 3.8) is 0 Å². The van der Waals surface area contributed by atoms with E-state index in [-0.39, 0.29) is 0 Å². The summed E-state index contributed by atoms with van der Waals surface area (Å²) in [5, 5.41) is 1.25. The molecule has 2 aromatic rings. The van der Waals surface area contributed by atoms with E-state index in [9.17, 15) is 0 Å². The maximum absolute atomic E-state index is 5.40. The highest BCUT2D eigenvalue weighted by molar-refractivity contribution is 5.83. The minimum Gasteiger partial charge on any atom is -0.497 e. The Morgan fingerprint density at radius 1 is 1.04 bits per heavy atom. The molecule has 0 atom stereocenters. The number of nitrogens with zero attached hydrogens (tertiary/aromatic N) is 2. The summed E-state index contributed by atoms with van der Waals surface area (Å²) in [5.74, 6) is 1.84. The molecule has 0 saturated carbocycles. The van der Waals surface area contributed by atoms with Crippen LogP contribution in [-0.2, 0) is 6.42 Å². The minimum absolute atomic E-state index is 0.916. The van der Waals surface area contributed by atoms with Gasteiger partial charge in [-0.25, -0.2) is 0 Å². The van der Waals surface area contributed by atoms with Crippen LogP contribution in [0.15, 0.2) is 30.5 Å². The van der Waals surface area contributed by atoms with Crippen molar-refractivity contribution in [1.29, 1.82) is 0 Å². The maximum atomic E-state index is 5.40. The predicted molar refractivity (Wildman–Crippen MR) is 119 cm³/mol. The van der Waals surface area contributed by atoms with Crippen LogP contribution in [0.1, 0.15) is 70.3 Å². The summed E-state index contributed by atoms with van der Waals surface area (Å²) in [6.45, 7) is 6.24. The monoisotopic (exact) mass is 382 g/mol. The van der Waals surface area contributed by atoms with Gasteiger partial charge in [0.2, 0.25) is 0 Å². The molecule has 0 radical (unpaired) electrons. The zero-order valence-electron chi connectivity index (χ0n) is 18.0. The van der Waals surface area contributed by atoms with E-state index in [1.807, 2.05) is 12.3 Å². The number of fused-ring (bicyclic) bond motifs is 1. The summed E-state index contributed by atoms with van der Waals surface area (Å²) in [6.07, 6.45) is 15.5. The molecule has 1 saturated heterocycles. The Morgan fingerprint density at radius 2 is 1.86 bits per heavy atom. The van der Waals surface area contributed by atoms with Gasteiger partial charge < -0.3 is 9.64 Å². The first-order valence-electron chi connectivity index (χ1n) is 11.4. The molecule has 0 amide bonds. The number of hydrogen-bond donors (Lipinski definition) is 0. The van der Waals surface area contributed by atoms with E-state index in [2.05, 4.69) is 35.0 Å². The first-order valence-corrected chi connectivity index (χ1v) is 11.4. The third-order valence-corrected chi connectivity index (χ3v) is 6.38. The van der Waals surface area contributed by atoms with Gasteiger partial charge >= 0.3 is 0 Å². The number of aryl methyl sites for hydroxylation is 1. The molecule has 3 rings (SSSR count). The topological polar surface area (TPSA) is 25.4 Å². The smallest absolute Gasteiger partial charge is 0.119 e. The molecule has 0 bridgehead atoms. The number of likely N-dealkylation sites (tertiary alicyclic amines) is 1. The number of benzene rings is 1. The van der Waals surface area contributed by atoms with E-state index in [1.165, 1.54) is 88.4 Å². The molecule has 1 aliphatic heterocycles. The largest absolute Gasteiger partial charge is 0.497 e. The van der Waals surface area contributed by atoms with E-state index in [1.54, 1.807) is 7.11 Å². The van der Waals surface area contributed by atoms with Gasteiger partial charge in [0, 0.05) is 11.6 Å². The Balaban J connectivity index is 1.39. The lowest BCUT2D eigenvalue weighted by Gasteiger charge is -2.32. The Kier molecular flexibility index (Phi) is 8.60. The minimum atomic E-state index is 0.916. The summed E-state index contributed by atoms with van der Waals surface area (Å²) in [7, 11) is 1.73. The fourth-order valence-corrected chi connectivity index (χ4v) is 4.55. The second-order valence-corrected chi connectivity index (χ2v) is 8.44. The van der Waals surface area contributed by atoms with E-state index >= 15 is 0 Å². The Bertz CT molecular complexity index is 707. The summed E-state index contributed by atoms with van der Waals surface area (Å²) in [6, 6.07) is 8.38. The van der Waals surface area contributed by atoms with Crippen LogP contribution < -0.4 is 4.74 Å². The van der Waals surface area contributed by atoms with Crippen LogP contribution in [0.2, 0.25) is 0 Å². The molecule has 2 heterocycles. The lowest BCUT2D eigenvalue weighted by Crippen LogP contribution is -2.34. The lowest BCUT2D eigenvalue weighted by molar-refractivity contribution is 0.175. The van der Waals surface area contributed by atoms with Crippen molar-refractivity contribution in [2.24, 2.45) is 5.92 Å². The summed E-state index contributed by atoms with van der Waals surface area (Å²) in [5.41, 5.74) is 2.49. The molecular weight excluding hydrogens is 344 g/mol. The molecule has 3 heteroatoms. The Hall–Kier alpha value is -1.61. The fraction of sp³-hybridized carbons (Fsp3) is 0.640. The van der Waals surface area contributed by atoms with Crippen molar-refractivity contribution in [2.45, 2.75) is 71.1 Å². The van der Waals surface area contributed by atoms with Crippen LogP contribution in [-0.4, -0.2) is 36.6 Å². The third-order valence-electron chi connectivity index (χ3n) is 6.38. The van der Waals surface area contributed by atoms with Crippen LogP contribution in [0.5, 0.6) is 5.75 Å². The lowest BCUT2D eigenvalue weighted by atomic mass is 9.90. The summed E-state index contributed by atoms with van der Waals surface area (Å²) >= 11 is 0. The van der Waals surface area contributed by atoms with Gasteiger partial charge in [-0.15, -0.1) is 0 Å². The number of rotatable bonds is 11. The standard InChI is InChI=1S/C25H38N2O/c1-3-4-5-6-7-17-27-18-14-21(15-19-27)9-8-10-22-13-16-26-25-12-11-23(28-2)20-24(22)25/h11-13,16,20-21H,3-10,14-15,17-19H2,1-2H3. The van der Waals surface area contributed by atoms with Crippen molar-refractivity contribution in [1.82, 2.24) is 9.88 Å². The van der Waals surface area contributed by atoms with Crippen LogP contribution in [0.25, 0.3) is 10.9 Å². The summed E-state index contributed by atoms with van der Waals surface area (Å²) < 4.78 is 5.40. The number of ether oxygens (including phenoxy) is 1. The average molecular weight is 383 g/mol. The average Bonchev–Trinajstić information content (AvgIpc) is 2.74. The molecule has 0 unspecified atom stereocenters.